The molecule has 0 amide bonds. The molecule has 5 N–H and O–H groups in total. The Bertz CT molecular complexity index is 213. The highest BCUT2D eigenvalue weighted by atomic mass is 16.6. The largest absolute Gasteiger partial charge is 0.394 e. The fourth-order valence-electron chi connectivity index (χ4n) is 1.71. The van der Waals surface area contributed by atoms with Crippen molar-refractivity contribution in [3.05, 3.63) is 0 Å². The van der Waals surface area contributed by atoms with Crippen LogP contribution in [0.3, 0.4) is 0 Å². The molecule has 0 bridgehead atoms. The Hall–Kier alpha value is -0.240. The Morgan fingerprint density at radius 2 is 1.94 bits per heavy atom. The molecule has 1 fully saturated rings. The van der Waals surface area contributed by atoms with Crippen LogP contribution in [0.25, 0.3) is 0 Å². The number of aliphatic hydroxyl groups excluding tert-OH is 4. The lowest BCUT2D eigenvalue weighted by molar-refractivity contribution is -0.139. The van der Waals surface area contributed by atoms with Gasteiger partial charge in [0, 0.05) is 0 Å². The molecule has 0 aromatic heterocycles. The van der Waals surface area contributed by atoms with Gasteiger partial charge >= 0.3 is 0 Å². The van der Waals surface area contributed by atoms with Crippen LogP contribution in [0.1, 0.15) is 13.8 Å². The highest BCUT2D eigenvalue weighted by Crippen LogP contribution is 2.22. The summed E-state index contributed by atoms with van der Waals surface area (Å²) >= 11 is 0. The van der Waals surface area contributed by atoms with Crippen LogP contribution in [0, 0.1) is 5.92 Å². The number of hydrogen-bond acceptors (Lipinski definition) is 6. The molecule has 96 valence electrons. The van der Waals surface area contributed by atoms with Gasteiger partial charge in [-0.2, -0.15) is 0 Å². The van der Waals surface area contributed by atoms with Gasteiger partial charge in [0.2, 0.25) is 0 Å². The molecule has 0 aromatic rings. The van der Waals surface area contributed by atoms with Crippen LogP contribution >= 0.6 is 0 Å². The smallest absolute Gasteiger partial charge is 0.173 e. The Kier molecular flexibility index (Phi) is 5.10. The number of aliphatic hydroxyl groups is 4. The number of ether oxygens (including phenoxy) is 1. The maximum atomic E-state index is 9.81. The minimum Gasteiger partial charge on any atom is -0.394 e. The quantitative estimate of drug-likeness (QED) is 0.379. The Balaban J connectivity index is 2.53. The molecule has 0 radical (unpaired) electrons. The summed E-state index contributed by atoms with van der Waals surface area (Å²) in [5.74, 6) is 0.376. The molecule has 0 saturated carbocycles. The van der Waals surface area contributed by atoms with E-state index in [9.17, 15) is 15.3 Å². The molecule has 1 saturated heterocycles. The van der Waals surface area contributed by atoms with Crippen molar-refractivity contribution in [2.24, 2.45) is 5.92 Å². The van der Waals surface area contributed by atoms with Crippen LogP contribution in [0.5, 0.6) is 0 Å². The summed E-state index contributed by atoms with van der Waals surface area (Å²) in [6.45, 7) is 4.12. The number of nitrogens with one attached hydrogen (secondary N) is 1. The first kappa shape index (κ1) is 13.8. The zero-order valence-corrected chi connectivity index (χ0v) is 9.58. The molecule has 16 heavy (non-hydrogen) atoms. The van der Waals surface area contributed by atoms with Crippen molar-refractivity contribution in [1.82, 2.24) is 5.32 Å². The van der Waals surface area contributed by atoms with Gasteiger partial charge in [-0.3, -0.25) is 0 Å². The second-order valence-electron chi connectivity index (χ2n) is 4.56. The van der Waals surface area contributed by atoms with Gasteiger partial charge in [0.1, 0.15) is 18.3 Å². The lowest BCUT2D eigenvalue weighted by Gasteiger charge is -2.21. The fraction of sp³-hybridized carbons (Fsp3) is 1.00. The molecule has 1 heterocycles. The van der Waals surface area contributed by atoms with Crippen molar-refractivity contribution in [2.45, 2.75) is 44.5 Å². The van der Waals surface area contributed by atoms with Gasteiger partial charge in [0.05, 0.1) is 12.6 Å². The molecule has 2 unspecified atom stereocenters. The average Bonchev–Trinajstić information content (AvgIpc) is 2.51. The number of hydrogen-bond donors (Lipinski definition) is 5. The second-order valence-corrected chi connectivity index (χ2v) is 4.56. The number of rotatable bonds is 5. The van der Waals surface area contributed by atoms with Crippen molar-refractivity contribution in [3.8, 4) is 0 Å². The molecular weight excluding hydrogens is 214 g/mol. The highest BCUT2D eigenvalue weighted by Gasteiger charge is 2.45. The Morgan fingerprint density at radius 1 is 1.31 bits per heavy atom. The van der Waals surface area contributed by atoms with Gasteiger partial charge in [-0.25, -0.2) is 0 Å². The Labute approximate surface area is 94.9 Å². The van der Waals surface area contributed by atoms with E-state index >= 15 is 0 Å². The molecule has 0 aliphatic carbocycles. The summed E-state index contributed by atoms with van der Waals surface area (Å²) in [6, 6.07) is -0.631. The standard InChI is InChI=1S/C10H21NO5/c1-5(2)3-11-7-8(14)9(6(13)4-12)16-10(7)15/h5-15H,3-4H2,1-2H3/t6-,7+,8-,9?,10?/m1/s1. The zero-order chi connectivity index (χ0) is 12.3. The predicted molar refractivity (Wildman–Crippen MR) is 56.6 cm³/mol. The molecule has 1 rings (SSSR count). The van der Waals surface area contributed by atoms with Gasteiger partial charge in [-0.15, -0.1) is 0 Å². The SMILES string of the molecule is CC(C)CN[C@@H]1C(O)OC([C@H](O)CO)[C@@H]1O. The van der Waals surface area contributed by atoms with E-state index in [0.717, 1.165) is 0 Å². The van der Waals surface area contributed by atoms with Crippen LogP contribution in [0.15, 0.2) is 0 Å². The van der Waals surface area contributed by atoms with E-state index in [1.807, 2.05) is 13.8 Å². The molecule has 5 atom stereocenters. The summed E-state index contributed by atoms with van der Waals surface area (Å²) < 4.78 is 5.00. The predicted octanol–water partition coefficient (Wildman–Crippen LogP) is -1.97. The van der Waals surface area contributed by atoms with Crippen molar-refractivity contribution in [3.63, 3.8) is 0 Å². The fourth-order valence-corrected chi connectivity index (χ4v) is 1.71. The van der Waals surface area contributed by atoms with E-state index in [1.54, 1.807) is 0 Å². The zero-order valence-electron chi connectivity index (χ0n) is 9.58. The van der Waals surface area contributed by atoms with Crippen molar-refractivity contribution in [2.75, 3.05) is 13.2 Å². The summed E-state index contributed by atoms with van der Waals surface area (Å²) in [6.07, 6.45) is -4.34. The van der Waals surface area contributed by atoms with Crippen LogP contribution in [-0.4, -0.2) is 64.2 Å². The maximum absolute atomic E-state index is 9.81. The molecular formula is C10H21NO5. The van der Waals surface area contributed by atoms with Crippen LogP contribution < -0.4 is 5.32 Å². The lowest BCUT2D eigenvalue weighted by atomic mass is 10.0. The molecule has 6 nitrogen and oxygen atoms in total. The third-order valence-corrected chi connectivity index (χ3v) is 2.64. The van der Waals surface area contributed by atoms with Crippen LogP contribution in [-0.2, 0) is 4.74 Å². The minimum atomic E-state index is -1.18. The second kappa shape index (κ2) is 5.90. The summed E-state index contributed by atoms with van der Waals surface area (Å²) in [7, 11) is 0. The van der Waals surface area contributed by atoms with E-state index in [4.69, 9.17) is 9.84 Å². The average molecular weight is 235 g/mol. The minimum absolute atomic E-state index is 0.376. The van der Waals surface area contributed by atoms with Crippen LogP contribution in [0.4, 0.5) is 0 Å². The topological polar surface area (TPSA) is 102 Å². The van der Waals surface area contributed by atoms with E-state index in [-0.39, 0.29) is 0 Å². The van der Waals surface area contributed by atoms with Crippen LogP contribution in [0.2, 0.25) is 0 Å². The van der Waals surface area contributed by atoms with Gasteiger partial charge < -0.3 is 30.5 Å². The van der Waals surface area contributed by atoms with E-state index in [2.05, 4.69) is 5.32 Å². The summed E-state index contributed by atoms with van der Waals surface area (Å²) in [5, 5.41) is 40.5. The Morgan fingerprint density at radius 3 is 2.44 bits per heavy atom. The van der Waals surface area contributed by atoms with Crippen molar-refractivity contribution >= 4 is 0 Å². The molecule has 0 spiro atoms. The summed E-state index contributed by atoms with van der Waals surface area (Å²) in [5.41, 5.74) is 0. The first-order valence-electron chi connectivity index (χ1n) is 5.51. The van der Waals surface area contributed by atoms with E-state index in [1.165, 1.54) is 0 Å². The highest BCUT2D eigenvalue weighted by molar-refractivity contribution is 4.94. The normalized spacial score (nSPS) is 36.9. The lowest BCUT2D eigenvalue weighted by Crippen LogP contribution is -2.48. The van der Waals surface area contributed by atoms with Gasteiger partial charge in [0.15, 0.2) is 6.29 Å². The van der Waals surface area contributed by atoms with Crippen molar-refractivity contribution in [1.29, 1.82) is 0 Å². The molecule has 0 aromatic carbocycles. The van der Waals surface area contributed by atoms with Crippen molar-refractivity contribution < 1.29 is 25.2 Å². The van der Waals surface area contributed by atoms with Gasteiger partial charge in [-0.05, 0) is 12.5 Å². The maximum Gasteiger partial charge on any atom is 0.173 e. The third-order valence-electron chi connectivity index (χ3n) is 2.64. The monoisotopic (exact) mass is 235 g/mol. The van der Waals surface area contributed by atoms with E-state index in [0.29, 0.717) is 12.5 Å². The van der Waals surface area contributed by atoms with Gasteiger partial charge in [0.25, 0.3) is 0 Å². The van der Waals surface area contributed by atoms with Gasteiger partial charge in [-0.1, -0.05) is 13.8 Å². The molecule has 6 heteroatoms. The van der Waals surface area contributed by atoms with E-state index < -0.39 is 37.3 Å². The first-order chi connectivity index (χ1) is 7.47. The summed E-state index contributed by atoms with van der Waals surface area (Å²) in [4.78, 5) is 0. The first-order valence-corrected chi connectivity index (χ1v) is 5.51. The molecule has 1 aliphatic rings. The molecule has 1 aliphatic heterocycles. The third kappa shape index (κ3) is 3.13.